The molecule has 90 valence electrons. The van der Waals surface area contributed by atoms with Gasteiger partial charge in [-0.05, 0) is 31.4 Å². The Bertz CT molecular complexity index is 338. The predicted octanol–water partition coefficient (Wildman–Crippen LogP) is 3.00. The molecule has 0 spiro atoms. The highest BCUT2D eigenvalue weighted by atomic mass is 19.1. The van der Waals surface area contributed by atoms with Crippen molar-refractivity contribution >= 4 is 5.69 Å². The normalized spacial score (nSPS) is 14.9. The van der Waals surface area contributed by atoms with E-state index in [-0.39, 0.29) is 11.4 Å². The highest BCUT2D eigenvalue weighted by molar-refractivity contribution is 5.46. The van der Waals surface area contributed by atoms with Crippen LogP contribution in [-0.4, -0.2) is 12.1 Å². The number of rotatable bonds is 5. The van der Waals surface area contributed by atoms with E-state index in [2.05, 4.69) is 19.2 Å². The second-order valence-corrected chi connectivity index (χ2v) is 4.97. The van der Waals surface area contributed by atoms with E-state index in [0.29, 0.717) is 18.2 Å². The molecule has 0 aromatic heterocycles. The number of anilines is 1. The Hall–Kier alpha value is -1.09. The van der Waals surface area contributed by atoms with Crippen LogP contribution in [0.2, 0.25) is 0 Å². The Morgan fingerprint density at radius 1 is 1.38 bits per heavy atom. The van der Waals surface area contributed by atoms with Crippen LogP contribution in [0.1, 0.15) is 27.2 Å². The molecule has 0 fully saturated rings. The summed E-state index contributed by atoms with van der Waals surface area (Å²) in [5.41, 5.74) is 6.04. The average molecular weight is 224 g/mol. The lowest BCUT2D eigenvalue weighted by Gasteiger charge is -2.32. The van der Waals surface area contributed by atoms with E-state index in [1.165, 1.54) is 6.07 Å². The Labute approximate surface area is 97.0 Å². The highest BCUT2D eigenvalue weighted by Gasteiger charge is 2.24. The number of nitrogens with one attached hydrogen (secondary N) is 1. The van der Waals surface area contributed by atoms with Crippen LogP contribution in [0.25, 0.3) is 0 Å². The van der Waals surface area contributed by atoms with Crippen molar-refractivity contribution in [3.8, 4) is 0 Å². The zero-order chi connectivity index (χ0) is 12.2. The minimum Gasteiger partial charge on any atom is -0.376 e. The van der Waals surface area contributed by atoms with Crippen molar-refractivity contribution in [1.82, 2.24) is 0 Å². The monoisotopic (exact) mass is 224 g/mol. The first-order valence-corrected chi connectivity index (χ1v) is 5.69. The standard InChI is InChI=1S/C13H21FN2/c1-10(2)8-13(3,9-15)16-12-7-5-4-6-11(12)14/h4-7,10,16H,8-9,15H2,1-3H3. The second-order valence-electron chi connectivity index (χ2n) is 4.97. The Morgan fingerprint density at radius 2 is 2.00 bits per heavy atom. The summed E-state index contributed by atoms with van der Waals surface area (Å²) < 4.78 is 13.5. The van der Waals surface area contributed by atoms with Gasteiger partial charge in [0, 0.05) is 12.1 Å². The van der Waals surface area contributed by atoms with Crippen LogP contribution >= 0.6 is 0 Å². The summed E-state index contributed by atoms with van der Waals surface area (Å²) in [7, 11) is 0. The summed E-state index contributed by atoms with van der Waals surface area (Å²) in [6, 6.07) is 6.69. The number of halogens is 1. The van der Waals surface area contributed by atoms with Gasteiger partial charge >= 0.3 is 0 Å². The third-order valence-electron chi connectivity index (χ3n) is 2.62. The number of benzene rings is 1. The second kappa shape index (κ2) is 5.30. The molecule has 1 unspecified atom stereocenters. The summed E-state index contributed by atoms with van der Waals surface area (Å²) in [6.07, 6.45) is 0.915. The van der Waals surface area contributed by atoms with Gasteiger partial charge in [-0.1, -0.05) is 26.0 Å². The number of hydrogen-bond acceptors (Lipinski definition) is 2. The predicted molar refractivity (Wildman–Crippen MR) is 66.9 cm³/mol. The van der Waals surface area contributed by atoms with Crippen LogP contribution in [0.5, 0.6) is 0 Å². The van der Waals surface area contributed by atoms with Crippen LogP contribution < -0.4 is 11.1 Å². The Kier molecular flexibility index (Phi) is 4.30. The van der Waals surface area contributed by atoms with E-state index < -0.39 is 0 Å². The molecule has 16 heavy (non-hydrogen) atoms. The molecule has 1 aromatic rings. The van der Waals surface area contributed by atoms with E-state index in [9.17, 15) is 4.39 Å². The number of hydrogen-bond donors (Lipinski definition) is 2. The third-order valence-corrected chi connectivity index (χ3v) is 2.62. The van der Waals surface area contributed by atoms with Gasteiger partial charge in [-0.2, -0.15) is 0 Å². The molecular formula is C13H21FN2. The molecule has 3 N–H and O–H groups in total. The van der Waals surface area contributed by atoms with E-state index in [1.54, 1.807) is 12.1 Å². The van der Waals surface area contributed by atoms with Crippen molar-refractivity contribution in [2.45, 2.75) is 32.7 Å². The quantitative estimate of drug-likeness (QED) is 0.807. The summed E-state index contributed by atoms with van der Waals surface area (Å²) in [5.74, 6) is 0.291. The average Bonchev–Trinajstić information content (AvgIpc) is 2.20. The molecule has 0 bridgehead atoms. The first-order valence-electron chi connectivity index (χ1n) is 5.69. The van der Waals surface area contributed by atoms with Gasteiger partial charge in [0.1, 0.15) is 5.82 Å². The van der Waals surface area contributed by atoms with Crippen molar-refractivity contribution in [2.24, 2.45) is 11.7 Å². The van der Waals surface area contributed by atoms with Gasteiger partial charge in [-0.15, -0.1) is 0 Å². The van der Waals surface area contributed by atoms with Gasteiger partial charge in [0.05, 0.1) is 5.69 Å². The maximum Gasteiger partial charge on any atom is 0.146 e. The molecule has 0 aliphatic carbocycles. The van der Waals surface area contributed by atoms with Crippen LogP contribution in [0.4, 0.5) is 10.1 Å². The first-order chi connectivity index (χ1) is 7.47. The van der Waals surface area contributed by atoms with Crippen molar-refractivity contribution in [3.05, 3.63) is 30.1 Å². The summed E-state index contributed by atoms with van der Waals surface area (Å²) in [5, 5.41) is 3.20. The van der Waals surface area contributed by atoms with E-state index in [4.69, 9.17) is 5.73 Å². The van der Waals surface area contributed by atoms with Gasteiger partial charge in [0.2, 0.25) is 0 Å². The molecular weight excluding hydrogens is 203 g/mol. The lowest BCUT2D eigenvalue weighted by atomic mass is 9.90. The van der Waals surface area contributed by atoms with Gasteiger partial charge < -0.3 is 11.1 Å². The largest absolute Gasteiger partial charge is 0.376 e. The third kappa shape index (κ3) is 3.49. The zero-order valence-corrected chi connectivity index (χ0v) is 10.3. The number of nitrogens with two attached hydrogens (primary N) is 1. The molecule has 0 aliphatic rings. The lowest BCUT2D eigenvalue weighted by molar-refractivity contribution is 0.405. The molecule has 2 nitrogen and oxygen atoms in total. The zero-order valence-electron chi connectivity index (χ0n) is 10.3. The topological polar surface area (TPSA) is 38.0 Å². The Morgan fingerprint density at radius 3 is 2.50 bits per heavy atom. The molecule has 1 aromatic carbocycles. The molecule has 1 atom stereocenters. The van der Waals surface area contributed by atoms with E-state index in [0.717, 1.165) is 6.42 Å². The van der Waals surface area contributed by atoms with E-state index >= 15 is 0 Å². The summed E-state index contributed by atoms with van der Waals surface area (Å²) in [4.78, 5) is 0. The minimum absolute atomic E-state index is 0.231. The van der Waals surface area contributed by atoms with Gasteiger partial charge in [0.15, 0.2) is 0 Å². The molecule has 0 saturated carbocycles. The highest BCUT2D eigenvalue weighted by Crippen LogP contribution is 2.23. The molecule has 3 heteroatoms. The maximum absolute atomic E-state index is 13.5. The summed E-state index contributed by atoms with van der Waals surface area (Å²) in [6.45, 7) is 6.78. The number of para-hydroxylation sites is 1. The van der Waals surface area contributed by atoms with Crippen molar-refractivity contribution in [1.29, 1.82) is 0 Å². The smallest absolute Gasteiger partial charge is 0.146 e. The van der Waals surface area contributed by atoms with Gasteiger partial charge in [0.25, 0.3) is 0 Å². The molecule has 0 heterocycles. The van der Waals surface area contributed by atoms with Crippen LogP contribution in [-0.2, 0) is 0 Å². The fourth-order valence-corrected chi connectivity index (χ4v) is 1.97. The molecule has 0 aliphatic heterocycles. The Balaban J connectivity index is 2.81. The van der Waals surface area contributed by atoms with Crippen molar-refractivity contribution < 1.29 is 4.39 Å². The van der Waals surface area contributed by atoms with Crippen LogP contribution in [0.15, 0.2) is 24.3 Å². The molecule has 0 radical (unpaired) electrons. The maximum atomic E-state index is 13.5. The first kappa shape index (κ1) is 13.0. The lowest BCUT2D eigenvalue weighted by Crippen LogP contribution is -2.43. The minimum atomic E-state index is -0.254. The molecule has 0 saturated heterocycles. The summed E-state index contributed by atoms with van der Waals surface area (Å²) >= 11 is 0. The van der Waals surface area contributed by atoms with Gasteiger partial charge in [-0.25, -0.2) is 4.39 Å². The van der Waals surface area contributed by atoms with Crippen LogP contribution in [0.3, 0.4) is 0 Å². The fourth-order valence-electron chi connectivity index (χ4n) is 1.97. The molecule has 0 amide bonds. The van der Waals surface area contributed by atoms with Gasteiger partial charge in [-0.3, -0.25) is 0 Å². The SMILES string of the molecule is CC(C)CC(C)(CN)Nc1ccccc1F. The van der Waals surface area contributed by atoms with Crippen LogP contribution in [0, 0.1) is 11.7 Å². The molecule has 1 rings (SSSR count). The van der Waals surface area contributed by atoms with Crippen molar-refractivity contribution in [2.75, 3.05) is 11.9 Å². The fraction of sp³-hybridized carbons (Fsp3) is 0.538. The van der Waals surface area contributed by atoms with Crippen molar-refractivity contribution in [3.63, 3.8) is 0 Å². The van der Waals surface area contributed by atoms with E-state index in [1.807, 2.05) is 13.0 Å².